The quantitative estimate of drug-likeness (QED) is 0.817. The number of hydrogen-bond acceptors (Lipinski definition) is 2. The molecule has 1 rings (SSSR count). The van der Waals surface area contributed by atoms with Gasteiger partial charge >= 0.3 is 12.6 Å². The Bertz CT molecular complexity index is 371. The van der Waals surface area contributed by atoms with Gasteiger partial charge < -0.3 is 15.8 Å². The number of urea groups is 1. The van der Waals surface area contributed by atoms with Gasteiger partial charge in [0.15, 0.2) is 0 Å². The molecule has 0 aromatic heterocycles. The molecule has 0 atom stereocenters. The standard InChI is InChI=1S/C8H7F3N2O2/c9-5-3-4(15-7(10)11)1-2-6(5)13-8(12)14/h1-3,7H,(H3,12,13,14). The van der Waals surface area contributed by atoms with Gasteiger partial charge in [0.05, 0.1) is 5.69 Å². The van der Waals surface area contributed by atoms with Crippen molar-refractivity contribution in [2.24, 2.45) is 5.73 Å². The van der Waals surface area contributed by atoms with Crippen molar-refractivity contribution in [1.82, 2.24) is 0 Å². The van der Waals surface area contributed by atoms with Gasteiger partial charge in [-0.05, 0) is 12.1 Å². The van der Waals surface area contributed by atoms with E-state index in [4.69, 9.17) is 5.73 Å². The van der Waals surface area contributed by atoms with Crippen LogP contribution in [0.1, 0.15) is 0 Å². The molecule has 0 saturated carbocycles. The van der Waals surface area contributed by atoms with Gasteiger partial charge in [0.2, 0.25) is 0 Å². The van der Waals surface area contributed by atoms with Gasteiger partial charge in [-0.25, -0.2) is 9.18 Å². The summed E-state index contributed by atoms with van der Waals surface area (Å²) < 4.78 is 40.5. The maximum absolute atomic E-state index is 13.1. The third-order valence-electron chi connectivity index (χ3n) is 1.42. The van der Waals surface area contributed by atoms with E-state index in [9.17, 15) is 18.0 Å². The van der Waals surface area contributed by atoms with Crippen LogP contribution >= 0.6 is 0 Å². The van der Waals surface area contributed by atoms with Crippen LogP contribution in [0.3, 0.4) is 0 Å². The highest BCUT2D eigenvalue weighted by Crippen LogP contribution is 2.21. The first-order valence-electron chi connectivity index (χ1n) is 3.80. The molecule has 1 aromatic rings. The Morgan fingerprint density at radius 1 is 1.47 bits per heavy atom. The normalized spacial score (nSPS) is 10.1. The number of anilines is 1. The molecule has 0 aliphatic carbocycles. The summed E-state index contributed by atoms with van der Waals surface area (Å²) in [6.45, 7) is -3.03. The molecule has 0 bridgehead atoms. The largest absolute Gasteiger partial charge is 0.435 e. The first kappa shape index (κ1) is 11.2. The molecule has 0 saturated heterocycles. The second-order valence-corrected chi connectivity index (χ2v) is 2.51. The Balaban J connectivity index is 2.83. The number of nitrogens with one attached hydrogen (secondary N) is 1. The fraction of sp³-hybridized carbons (Fsp3) is 0.125. The van der Waals surface area contributed by atoms with Gasteiger partial charge in [0.25, 0.3) is 0 Å². The van der Waals surface area contributed by atoms with Crippen molar-refractivity contribution < 1.29 is 22.7 Å². The minimum Gasteiger partial charge on any atom is -0.435 e. The molecule has 0 unspecified atom stereocenters. The summed E-state index contributed by atoms with van der Waals surface area (Å²) in [5, 5.41) is 1.97. The number of halogens is 3. The highest BCUT2D eigenvalue weighted by atomic mass is 19.3. The lowest BCUT2D eigenvalue weighted by Gasteiger charge is -2.07. The maximum Gasteiger partial charge on any atom is 0.387 e. The number of rotatable bonds is 3. The fourth-order valence-corrected chi connectivity index (χ4v) is 0.906. The summed E-state index contributed by atoms with van der Waals surface area (Å²) in [6, 6.07) is 1.92. The van der Waals surface area contributed by atoms with Gasteiger partial charge in [-0.2, -0.15) is 8.78 Å². The fourth-order valence-electron chi connectivity index (χ4n) is 0.906. The third kappa shape index (κ3) is 3.37. The second-order valence-electron chi connectivity index (χ2n) is 2.51. The Morgan fingerprint density at radius 2 is 2.13 bits per heavy atom. The number of amides is 2. The summed E-state index contributed by atoms with van der Waals surface area (Å²) in [7, 11) is 0. The number of carbonyl (C=O) groups is 1. The average molecular weight is 220 g/mol. The van der Waals surface area contributed by atoms with Crippen molar-refractivity contribution in [2.75, 3.05) is 5.32 Å². The Labute approximate surface area is 82.8 Å². The van der Waals surface area contributed by atoms with Crippen molar-refractivity contribution in [3.8, 4) is 5.75 Å². The highest BCUT2D eigenvalue weighted by Gasteiger charge is 2.09. The maximum atomic E-state index is 13.1. The molecule has 1 aromatic carbocycles. The molecule has 4 nitrogen and oxygen atoms in total. The molecular weight excluding hydrogens is 213 g/mol. The SMILES string of the molecule is NC(=O)Nc1ccc(OC(F)F)cc1F. The molecule has 7 heteroatoms. The highest BCUT2D eigenvalue weighted by molar-refractivity contribution is 5.87. The van der Waals surface area contributed by atoms with Crippen LogP contribution in [-0.4, -0.2) is 12.6 Å². The van der Waals surface area contributed by atoms with Crippen molar-refractivity contribution in [3.63, 3.8) is 0 Å². The van der Waals surface area contributed by atoms with E-state index in [1.807, 2.05) is 5.32 Å². The van der Waals surface area contributed by atoms with Gasteiger partial charge in [-0.1, -0.05) is 0 Å². The minimum absolute atomic E-state index is 0.205. The molecule has 0 aliphatic heterocycles. The van der Waals surface area contributed by atoms with Crippen molar-refractivity contribution in [2.45, 2.75) is 6.61 Å². The topological polar surface area (TPSA) is 64.4 Å². The van der Waals surface area contributed by atoms with Crippen LogP contribution in [0, 0.1) is 5.82 Å². The summed E-state index contributed by atoms with van der Waals surface area (Å²) in [5.74, 6) is -1.25. The summed E-state index contributed by atoms with van der Waals surface area (Å²) in [6.07, 6.45) is 0. The number of hydrogen-bond donors (Lipinski definition) is 2. The first-order valence-corrected chi connectivity index (χ1v) is 3.80. The zero-order valence-corrected chi connectivity index (χ0v) is 7.34. The summed E-state index contributed by atoms with van der Waals surface area (Å²) in [4.78, 5) is 10.4. The molecular formula is C8H7F3N2O2. The first-order chi connectivity index (χ1) is 6.99. The lowest BCUT2D eigenvalue weighted by Crippen LogP contribution is -2.20. The van der Waals surface area contributed by atoms with Crippen LogP contribution in [0.15, 0.2) is 18.2 Å². The molecule has 0 fully saturated rings. The van der Waals surface area contributed by atoms with Crippen molar-refractivity contribution in [1.29, 1.82) is 0 Å². The van der Waals surface area contributed by atoms with Crippen LogP contribution < -0.4 is 15.8 Å². The smallest absolute Gasteiger partial charge is 0.387 e. The van der Waals surface area contributed by atoms with E-state index in [1.165, 1.54) is 0 Å². The predicted molar refractivity (Wildman–Crippen MR) is 46.2 cm³/mol. The van der Waals surface area contributed by atoms with Crippen LogP contribution in [0.4, 0.5) is 23.7 Å². The van der Waals surface area contributed by atoms with E-state index >= 15 is 0 Å². The molecule has 2 amide bonds. The molecule has 0 radical (unpaired) electrons. The van der Waals surface area contributed by atoms with Crippen molar-refractivity contribution in [3.05, 3.63) is 24.0 Å². The number of alkyl halides is 2. The summed E-state index contributed by atoms with van der Waals surface area (Å²) >= 11 is 0. The molecule has 0 aliphatic rings. The zero-order chi connectivity index (χ0) is 11.4. The van der Waals surface area contributed by atoms with E-state index in [0.717, 1.165) is 18.2 Å². The number of ether oxygens (including phenoxy) is 1. The number of benzene rings is 1. The number of nitrogens with two attached hydrogens (primary N) is 1. The second kappa shape index (κ2) is 4.54. The van der Waals surface area contributed by atoms with E-state index in [-0.39, 0.29) is 11.4 Å². The monoisotopic (exact) mass is 220 g/mol. The van der Waals surface area contributed by atoms with Crippen LogP contribution in [0.5, 0.6) is 5.75 Å². The van der Waals surface area contributed by atoms with Crippen LogP contribution in [0.2, 0.25) is 0 Å². The average Bonchev–Trinajstić information content (AvgIpc) is 2.08. The van der Waals surface area contributed by atoms with Gasteiger partial charge in [-0.3, -0.25) is 0 Å². The van der Waals surface area contributed by atoms with E-state index in [1.54, 1.807) is 0 Å². The molecule has 0 spiro atoms. The van der Waals surface area contributed by atoms with Gasteiger partial charge in [0.1, 0.15) is 11.6 Å². The lowest BCUT2D eigenvalue weighted by atomic mass is 10.3. The lowest BCUT2D eigenvalue weighted by molar-refractivity contribution is -0.0499. The van der Waals surface area contributed by atoms with Gasteiger partial charge in [-0.15, -0.1) is 0 Å². The van der Waals surface area contributed by atoms with Gasteiger partial charge in [0, 0.05) is 6.07 Å². The molecule has 82 valence electrons. The predicted octanol–water partition coefficient (Wildman–Crippen LogP) is 1.92. The molecule has 0 heterocycles. The molecule has 3 N–H and O–H groups in total. The Hall–Kier alpha value is -1.92. The Kier molecular flexibility index (Phi) is 3.37. The van der Waals surface area contributed by atoms with Crippen molar-refractivity contribution >= 4 is 11.7 Å². The zero-order valence-electron chi connectivity index (χ0n) is 7.34. The molecule has 15 heavy (non-hydrogen) atoms. The van der Waals surface area contributed by atoms with Crippen LogP contribution in [0.25, 0.3) is 0 Å². The number of carbonyl (C=O) groups excluding carboxylic acids is 1. The third-order valence-corrected chi connectivity index (χ3v) is 1.42. The summed E-state index contributed by atoms with van der Waals surface area (Å²) in [5.41, 5.74) is 4.54. The minimum atomic E-state index is -3.03. The van der Waals surface area contributed by atoms with E-state index in [2.05, 4.69) is 4.74 Å². The van der Waals surface area contributed by atoms with E-state index in [0.29, 0.717) is 0 Å². The van der Waals surface area contributed by atoms with E-state index < -0.39 is 18.5 Å². The number of primary amides is 1. The Morgan fingerprint density at radius 3 is 2.60 bits per heavy atom. The van der Waals surface area contributed by atoms with Crippen LogP contribution in [-0.2, 0) is 0 Å².